The van der Waals surface area contributed by atoms with Gasteiger partial charge in [-0.2, -0.15) is 0 Å². The predicted molar refractivity (Wildman–Crippen MR) is 79.2 cm³/mol. The molecule has 1 aliphatic carbocycles. The first kappa shape index (κ1) is 15.1. The zero-order chi connectivity index (χ0) is 15.7. The molecule has 0 bridgehead atoms. The van der Waals surface area contributed by atoms with E-state index in [0.717, 1.165) is 0 Å². The smallest absolute Gasteiger partial charge is 0.326 e. The number of ether oxygens (including phenoxy) is 1. The number of likely N-dealkylation sites (tertiary alicyclic amines) is 1. The molecule has 22 heavy (non-hydrogen) atoms. The van der Waals surface area contributed by atoms with Crippen LogP contribution < -0.4 is 4.74 Å². The highest BCUT2D eigenvalue weighted by atomic mass is 35.5. The number of carboxylic acids is 1. The summed E-state index contributed by atoms with van der Waals surface area (Å²) < 4.78 is 5.52. The fourth-order valence-corrected chi connectivity index (χ4v) is 2.78. The molecule has 1 saturated carbocycles. The van der Waals surface area contributed by atoms with E-state index in [1.807, 2.05) is 0 Å². The van der Waals surface area contributed by atoms with E-state index >= 15 is 0 Å². The summed E-state index contributed by atoms with van der Waals surface area (Å²) in [4.78, 5) is 29.0. The van der Waals surface area contributed by atoms with Gasteiger partial charge < -0.3 is 14.7 Å². The first-order valence-electron chi connectivity index (χ1n) is 7.38. The summed E-state index contributed by atoms with van der Waals surface area (Å²) >= 11 is 6.11. The van der Waals surface area contributed by atoms with Gasteiger partial charge in [0.05, 0.1) is 12.2 Å². The van der Waals surface area contributed by atoms with Crippen LogP contribution in [0.2, 0.25) is 5.02 Å². The van der Waals surface area contributed by atoms with E-state index in [9.17, 15) is 9.59 Å². The predicted octanol–water partition coefficient (Wildman–Crippen LogP) is 2.21. The molecule has 7 heteroatoms. The van der Waals surface area contributed by atoms with Gasteiger partial charge in [0, 0.05) is 12.7 Å². The largest absolute Gasteiger partial charge is 0.480 e. The Morgan fingerprint density at radius 3 is 2.82 bits per heavy atom. The van der Waals surface area contributed by atoms with E-state index in [4.69, 9.17) is 21.4 Å². The van der Waals surface area contributed by atoms with Gasteiger partial charge in [-0.15, -0.1) is 0 Å². The quantitative estimate of drug-likeness (QED) is 0.898. The molecule has 1 N–H and O–H groups in total. The van der Waals surface area contributed by atoms with Crippen LogP contribution in [0.25, 0.3) is 0 Å². The van der Waals surface area contributed by atoms with Crippen LogP contribution in [0.4, 0.5) is 0 Å². The van der Waals surface area contributed by atoms with Crippen molar-refractivity contribution in [2.75, 3.05) is 13.2 Å². The number of hydrogen-bond donors (Lipinski definition) is 1. The number of carbonyl (C=O) groups excluding carboxylic acids is 1. The van der Waals surface area contributed by atoms with Crippen molar-refractivity contribution < 1.29 is 19.4 Å². The van der Waals surface area contributed by atoms with E-state index in [-0.39, 0.29) is 16.5 Å². The van der Waals surface area contributed by atoms with Gasteiger partial charge in [0.25, 0.3) is 5.91 Å². The molecule has 1 amide bonds. The Labute approximate surface area is 133 Å². The van der Waals surface area contributed by atoms with Gasteiger partial charge in [0.1, 0.15) is 11.1 Å². The number of pyridine rings is 1. The highest BCUT2D eigenvalue weighted by molar-refractivity contribution is 6.32. The first-order valence-corrected chi connectivity index (χ1v) is 7.76. The second kappa shape index (κ2) is 6.12. The lowest BCUT2D eigenvalue weighted by atomic mass is 10.2. The fourth-order valence-electron chi connectivity index (χ4n) is 2.56. The van der Waals surface area contributed by atoms with Crippen molar-refractivity contribution in [2.45, 2.75) is 31.7 Å². The minimum Gasteiger partial charge on any atom is -0.480 e. The van der Waals surface area contributed by atoms with Crippen molar-refractivity contribution >= 4 is 23.5 Å². The molecular formula is C15H17ClN2O4. The summed E-state index contributed by atoms with van der Waals surface area (Å²) in [6.07, 6.45) is 4.89. The molecule has 6 nitrogen and oxygen atoms in total. The molecule has 1 unspecified atom stereocenters. The fraction of sp³-hybridized carbons (Fsp3) is 0.533. The highest BCUT2D eigenvalue weighted by Crippen LogP contribution is 2.31. The van der Waals surface area contributed by atoms with Gasteiger partial charge in [0.15, 0.2) is 0 Å². The van der Waals surface area contributed by atoms with Crippen molar-refractivity contribution in [3.63, 3.8) is 0 Å². The summed E-state index contributed by atoms with van der Waals surface area (Å²) in [5.41, 5.74) is 0.289. The number of aliphatic carboxylic acids is 1. The van der Waals surface area contributed by atoms with Crippen molar-refractivity contribution in [1.29, 1.82) is 0 Å². The summed E-state index contributed by atoms with van der Waals surface area (Å²) in [7, 11) is 0. The van der Waals surface area contributed by atoms with E-state index in [0.29, 0.717) is 37.8 Å². The molecule has 1 aromatic heterocycles. The minimum absolute atomic E-state index is 0.276. The Morgan fingerprint density at radius 2 is 2.18 bits per heavy atom. The molecule has 0 spiro atoms. The number of aromatic nitrogens is 1. The molecule has 0 radical (unpaired) electrons. The highest BCUT2D eigenvalue weighted by Gasteiger charge is 2.34. The molecule has 1 atom stereocenters. The van der Waals surface area contributed by atoms with Crippen LogP contribution >= 0.6 is 11.6 Å². The van der Waals surface area contributed by atoms with Crippen molar-refractivity contribution in [2.24, 2.45) is 5.92 Å². The van der Waals surface area contributed by atoms with Gasteiger partial charge in [0.2, 0.25) is 5.88 Å². The van der Waals surface area contributed by atoms with E-state index in [2.05, 4.69) is 4.98 Å². The Morgan fingerprint density at radius 1 is 1.41 bits per heavy atom. The summed E-state index contributed by atoms with van der Waals surface area (Å²) in [5, 5.41) is 9.43. The molecule has 118 valence electrons. The second-order valence-electron chi connectivity index (χ2n) is 5.76. The molecule has 1 aromatic rings. The molecular weight excluding hydrogens is 308 g/mol. The number of rotatable bonds is 5. The van der Waals surface area contributed by atoms with Crippen LogP contribution in [0.15, 0.2) is 12.3 Å². The van der Waals surface area contributed by atoms with Gasteiger partial charge in [-0.05, 0) is 37.7 Å². The zero-order valence-corrected chi connectivity index (χ0v) is 12.8. The first-order chi connectivity index (χ1) is 10.6. The van der Waals surface area contributed by atoms with Crippen LogP contribution in [-0.2, 0) is 4.79 Å². The van der Waals surface area contributed by atoms with Crippen LogP contribution in [0, 0.1) is 5.92 Å². The Kier molecular flexibility index (Phi) is 4.20. The number of nitrogens with zero attached hydrogens (tertiary/aromatic N) is 2. The van der Waals surface area contributed by atoms with Gasteiger partial charge in [-0.25, -0.2) is 9.78 Å². The van der Waals surface area contributed by atoms with Gasteiger partial charge in [-0.1, -0.05) is 11.6 Å². The molecule has 0 aromatic carbocycles. The third kappa shape index (κ3) is 3.16. The number of halogens is 1. The van der Waals surface area contributed by atoms with Crippen LogP contribution in [0.3, 0.4) is 0 Å². The molecule has 2 aliphatic rings. The van der Waals surface area contributed by atoms with Gasteiger partial charge >= 0.3 is 5.97 Å². The summed E-state index contributed by atoms with van der Waals surface area (Å²) in [6.45, 7) is 1.03. The maximum atomic E-state index is 12.4. The summed E-state index contributed by atoms with van der Waals surface area (Å²) in [6, 6.07) is 0.730. The Bertz CT molecular complexity index is 603. The number of carboxylic acid groups (broad SMARTS) is 1. The molecule has 2 fully saturated rings. The van der Waals surface area contributed by atoms with Crippen molar-refractivity contribution in [3.8, 4) is 5.88 Å². The number of hydrogen-bond acceptors (Lipinski definition) is 4. The Hall–Kier alpha value is -1.82. The maximum absolute atomic E-state index is 12.4. The zero-order valence-electron chi connectivity index (χ0n) is 12.0. The number of carbonyl (C=O) groups is 2. The average Bonchev–Trinajstić information content (AvgIpc) is 3.18. The van der Waals surface area contributed by atoms with Crippen LogP contribution in [-0.4, -0.2) is 46.1 Å². The molecule has 1 saturated heterocycles. The SMILES string of the molecule is O=C(O)C1CCCN1C(=O)c1cnc(OCC2CC2)c(Cl)c1. The monoisotopic (exact) mass is 324 g/mol. The van der Waals surface area contributed by atoms with Crippen LogP contribution in [0.1, 0.15) is 36.0 Å². The molecule has 3 rings (SSSR count). The average molecular weight is 325 g/mol. The topological polar surface area (TPSA) is 79.7 Å². The number of amides is 1. The van der Waals surface area contributed by atoms with Crippen LogP contribution in [0.5, 0.6) is 5.88 Å². The van der Waals surface area contributed by atoms with Crippen molar-refractivity contribution in [1.82, 2.24) is 9.88 Å². The van der Waals surface area contributed by atoms with E-state index < -0.39 is 12.0 Å². The van der Waals surface area contributed by atoms with E-state index in [1.54, 1.807) is 0 Å². The maximum Gasteiger partial charge on any atom is 0.326 e. The lowest BCUT2D eigenvalue weighted by Crippen LogP contribution is -2.40. The lowest BCUT2D eigenvalue weighted by Gasteiger charge is -2.21. The third-order valence-corrected chi connectivity index (χ3v) is 4.28. The van der Waals surface area contributed by atoms with E-state index in [1.165, 1.54) is 30.0 Å². The normalized spacial score (nSPS) is 21.0. The Balaban J connectivity index is 1.72. The standard InChI is InChI=1S/C15H17ClN2O4/c16-11-6-10(7-17-13(11)22-8-9-3-4-9)14(19)18-5-1-2-12(18)15(20)21/h6-7,9,12H,1-5,8H2,(H,20,21). The van der Waals surface area contributed by atoms with Gasteiger partial charge in [-0.3, -0.25) is 4.79 Å². The second-order valence-corrected chi connectivity index (χ2v) is 6.17. The summed E-state index contributed by atoms with van der Waals surface area (Å²) in [5.74, 6) is -0.427. The molecule has 2 heterocycles. The molecule has 1 aliphatic heterocycles. The van der Waals surface area contributed by atoms with Crippen molar-refractivity contribution in [3.05, 3.63) is 22.8 Å². The minimum atomic E-state index is -0.978. The third-order valence-electron chi connectivity index (χ3n) is 4.01. The lowest BCUT2D eigenvalue weighted by molar-refractivity contribution is -0.141.